The van der Waals surface area contributed by atoms with Crippen LogP contribution in [0.1, 0.15) is 42.0 Å². The molecule has 0 bridgehead atoms. The van der Waals surface area contributed by atoms with E-state index in [-0.39, 0.29) is 28.5 Å². The van der Waals surface area contributed by atoms with Gasteiger partial charge in [0, 0.05) is 23.4 Å². The van der Waals surface area contributed by atoms with Gasteiger partial charge in [0.1, 0.15) is 17.6 Å². The number of pyridine rings is 1. The van der Waals surface area contributed by atoms with Crippen LogP contribution in [0.4, 0.5) is 47.6 Å². The Hall–Kier alpha value is -4.53. The largest absolute Gasteiger partial charge is 0.418 e. The van der Waals surface area contributed by atoms with E-state index >= 15 is 0 Å². The fraction of sp³-hybridized carbons (Fsp3) is 0.250. The number of azo groups is 1. The molecule has 0 aliphatic carbocycles. The summed E-state index contributed by atoms with van der Waals surface area (Å²) in [7, 11) is 0. The standard InChI is InChI=1S/C24H22F3N7O2/c1-3-4-5-15-6-8-16(9-7-15)30-23-21(14(2)18(13-28)22(29)31-23)33-32-20-11-10-17(34(35)36)12-19(20)24(25,26)27/h6-12H,3-5H2,1-2H3,(H3,29,30,31)/b33-32+. The first-order valence-corrected chi connectivity index (χ1v) is 10.9. The summed E-state index contributed by atoms with van der Waals surface area (Å²) in [5, 5.41) is 31.1. The van der Waals surface area contributed by atoms with Crippen molar-refractivity contribution in [3.05, 3.63) is 74.8 Å². The second-order valence-corrected chi connectivity index (χ2v) is 7.89. The van der Waals surface area contributed by atoms with Crippen LogP contribution >= 0.6 is 0 Å². The molecule has 0 saturated carbocycles. The third-order valence-corrected chi connectivity index (χ3v) is 5.34. The van der Waals surface area contributed by atoms with Crippen molar-refractivity contribution in [3.63, 3.8) is 0 Å². The zero-order chi connectivity index (χ0) is 26.5. The molecular formula is C24H22F3N7O2. The average Bonchev–Trinajstić information content (AvgIpc) is 2.82. The number of rotatable bonds is 8. The van der Waals surface area contributed by atoms with Crippen molar-refractivity contribution in [1.29, 1.82) is 5.26 Å². The van der Waals surface area contributed by atoms with Gasteiger partial charge in [0.2, 0.25) is 0 Å². The van der Waals surface area contributed by atoms with Gasteiger partial charge in [-0.2, -0.15) is 18.4 Å². The number of nitrogens with one attached hydrogen (secondary N) is 1. The van der Waals surface area contributed by atoms with E-state index in [0.717, 1.165) is 37.0 Å². The van der Waals surface area contributed by atoms with E-state index in [9.17, 15) is 28.5 Å². The van der Waals surface area contributed by atoms with Crippen molar-refractivity contribution < 1.29 is 18.1 Å². The molecule has 2 aromatic carbocycles. The normalized spacial score (nSPS) is 11.4. The summed E-state index contributed by atoms with van der Waals surface area (Å²) in [6.45, 7) is 3.62. The van der Waals surface area contributed by atoms with E-state index in [0.29, 0.717) is 11.8 Å². The molecule has 1 heterocycles. The summed E-state index contributed by atoms with van der Waals surface area (Å²) in [5.41, 5.74) is 5.25. The van der Waals surface area contributed by atoms with E-state index in [1.165, 1.54) is 6.92 Å². The maximum Gasteiger partial charge on any atom is 0.418 e. The lowest BCUT2D eigenvalue weighted by molar-refractivity contribution is -0.385. The van der Waals surface area contributed by atoms with Gasteiger partial charge in [-0.3, -0.25) is 10.1 Å². The quantitative estimate of drug-likeness (QED) is 0.190. The first kappa shape index (κ1) is 26.1. The number of nitrogen functional groups attached to an aromatic ring is 1. The van der Waals surface area contributed by atoms with Crippen LogP contribution in [0.2, 0.25) is 0 Å². The van der Waals surface area contributed by atoms with E-state index in [1.807, 2.05) is 30.3 Å². The van der Waals surface area contributed by atoms with Crippen LogP contribution in [0.15, 0.2) is 52.7 Å². The Bertz CT molecular complexity index is 1350. The Morgan fingerprint density at radius 1 is 1.19 bits per heavy atom. The van der Waals surface area contributed by atoms with E-state index in [4.69, 9.17) is 5.73 Å². The molecule has 0 unspecified atom stereocenters. The van der Waals surface area contributed by atoms with Gasteiger partial charge in [0.15, 0.2) is 5.82 Å². The molecule has 0 saturated heterocycles. The van der Waals surface area contributed by atoms with Crippen molar-refractivity contribution in [2.75, 3.05) is 11.1 Å². The maximum atomic E-state index is 13.5. The topological polar surface area (TPSA) is 143 Å². The monoisotopic (exact) mass is 497 g/mol. The van der Waals surface area contributed by atoms with Crippen LogP contribution in [0.3, 0.4) is 0 Å². The highest BCUT2D eigenvalue weighted by Crippen LogP contribution is 2.40. The first-order valence-electron chi connectivity index (χ1n) is 10.9. The molecule has 186 valence electrons. The highest BCUT2D eigenvalue weighted by molar-refractivity contribution is 5.77. The molecule has 1 aromatic heterocycles. The molecule has 0 atom stereocenters. The minimum atomic E-state index is -4.91. The molecular weight excluding hydrogens is 475 g/mol. The second-order valence-electron chi connectivity index (χ2n) is 7.89. The number of aromatic nitrogens is 1. The summed E-state index contributed by atoms with van der Waals surface area (Å²) in [6, 6.07) is 11.6. The predicted molar refractivity (Wildman–Crippen MR) is 129 cm³/mol. The Morgan fingerprint density at radius 3 is 2.47 bits per heavy atom. The third-order valence-electron chi connectivity index (χ3n) is 5.34. The van der Waals surface area contributed by atoms with Crippen molar-refractivity contribution >= 4 is 34.4 Å². The Morgan fingerprint density at radius 2 is 1.89 bits per heavy atom. The zero-order valence-corrected chi connectivity index (χ0v) is 19.4. The highest BCUT2D eigenvalue weighted by Gasteiger charge is 2.35. The molecule has 3 aromatic rings. The molecule has 0 radical (unpaired) electrons. The van der Waals surface area contributed by atoms with Gasteiger partial charge in [0.05, 0.1) is 21.7 Å². The second kappa shape index (κ2) is 10.8. The van der Waals surface area contributed by atoms with Gasteiger partial charge in [-0.1, -0.05) is 25.5 Å². The number of nitro groups is 1. The summed E-state index contributed by atoms with van der Waals surface area (Å²) in [4.78, 5) is 14.2. The molecule has 0 aliphatic heterocycles. The third kappa shape index (κ3) is 5.93. The van der Waals surface area contributed by atoms with Crippen LogP contribution in [0.25, 0.3) is 0 Å². The summed E-state index contributed by atoms with van der Waals surface area (Å²) in [6.07, 6.45) is -1.87. The number of anilines is 3. The number of alkyl halides is 3. The lowest BCUT2D eigenvalue weighted by atomic mass is 10.1. The molecule has 12 heteroatoms. The first-order chi connectivity index (χ1) is 17.0. The number of aryl methyl sites for hydroxylation is 1. The molecule has 0 fully saturated rings. The SMILES string of the molecule is CCCCc1ccc(Nc2nc(N)c(C#N)c(C)c2/N=N/c2ccc([N+](=O)[O-])cc2C(F)(F)F)cc1. The minimum absolute atomic E-state index is 0.00212. The fourth-order valence-corrected chi connectivity index (χ4v) is 3.40. The average molecular weight is 497 g/mol. The van der Waals surface area contributed by atoms with E-state index in [2.05, 4.69) is 27.5 Å². The lowest BCUT2D eigenvalue weighted by Gasteiger charge is -2.13. The Labute approximate surface area is 204 Å². The smallest absolute Gasteiger partial charge is 0.383 e. The van der Waals surface area contributed by atoms with Gasteiger partial charge in [-0.05, 0) is 43.5 Å². The number of hydrogen-bond acceptors (Lipinski definition) is 8. The number of nitro benzene ring substituents is 1. The Kier molecular flexibility index (Phi) is 7.83. The van der Waals surface area contributed by atoms with Crippen LogP contribution < -0.4 is 11.1 Å². The van der Waals surface area contributed by atoms with E-state index < -0.39 is 28.0 Å². The molecule has 3 rings (SSSR count). The number of halogens is 3. The minimum Gasteiger partial charge on any atom is -0.383 e. The molecule has 36 heavy (non-hydrogen) atoms. The predicted octanol–water partition coefficient (Wildman–Crippen LogP) is 7.27. The van der Waals surface area contributed by atoms with Gasteiger partial charge in [0.25, 0.3) is 5.69 Å². The van der Waals surface area contributed by atoms with Crippen LogP contribution in [0, 0.1) is 28.4 Å². The highest BCUT2D eigenvalue weighted by atomic mass is 19.4. The number of nitriles is 1. The number of unbranched alkanes of at least 4 members (excludes halogenated alkanes) is 1. The number of hydrogen-bond donors (Lipinski definition) is 2. The van der Waals surface area contributed by atoms with Crippen LogP contribution in [0.5, 0.6) is 0 Å². The number of nitrogens with two attached hydrogens (primary N) is 1. The fourth-order valence-electron chi connectivity index (χ4n) is 3.40. The van der Waals surface area contributed by atoms with Crippen LogP contribution in [-0.4, -0.2) is 9.91 Å². The van der Waals surface area contributed by atoms with Crippen molar-refractivity contribution in [1.82, 2.24) is 4.98 Å². The van der Waals surface area contributed by atoms with Gasteiger partial charge >= 0.3 is 6.18 Å². The summed E-state index contributed by atoms with van der Waals surface area (Å²) in [5.74, 6) is 0.00635. The van der Waals surface area contributed by atoms with E-state index in [1.54, 1.807) is 0 Å². The van der Waals surface area contributed by atoms with Crippen LogP contribution in [-0.2, 0) is 12.6 Å². The van der Waals surface area contributed by atoms with Crippen molar-refractivity contribution in [2.24, 2.45) is 10.2 Å². The number of nitrogens with zero attached hydrogens (tertiary/aromatic N) is 5. The summed E-state index contributed by atoms with van der Waals surface area (Å²) < 4.78 is 40.6. The number of non-ortho nitro benzene ring substituents is 1. The molecule has 9 nitrogen and oxygen atoms in total. The number of benzene rings is 2. The van der Waals surface area contributed by atoms with Gasteiger partial charge in [-0.15, -0.1) is 10.2 Å². The van der Waals surface area contributed by atoms with Gasteiger partial charge in [-0.25, -0.2) is 4.98 Å². The molecule has 3 N–H and O–H groups in total. The molecule has 0 aliphatic rings. The van der Waals surface area contributed by atoms with Crippen molar-refractivity contribution in [2.45, 2.75) is 39.3 Å². The van der Waals surface area contributed by atoms with Gasteiger partial charge < -0.3 is 11.1 Å². The zero-order valence-electron chi connectivity index (χ0n) is 19.4. The molecule has 0 spiro atoms. The van der Waals surface area contributed by atoms with Crippen molar-refractivity contribution in [3.8, 4) is 6.07 Å². The summed E-state index contributed by atoms with van der Waals surface area (Å²) >= 11 is 0. The lowest BCUT2D eigenvalue weighted by Crippen LogP contribution is -2.06. The Balaban J connectivity index is 2.06. The maximum absolute atomic E-state index is 13.5. The molecule has 0 amide bonds.